The fourth-order valence-electron chi connectivity index (χ4n) is 4.11. The number of phenolic OH excluding ortho intramolecular Hbond substituents is 1. The highest BCUT2D eigenvalue weighted by atomic mass is 16.3. The number of benzene rings is 3. The van der Waals surface area contributed by atoms with Crippen LogP contribution in [0, 0.1) is 13.8 Å². The minimum atomic E-state index is -0.595. The molecule has 0 aliphatic rings. The average molecular weight is 533 g/mol. The number of rotatable bonds is 11. The van der Waals surface area contributed by atoms with E-state index in [9.17, 15) is 24.9 Å². The molecule has 0 saturated carbocycles. The van der Waals surface area contributed by atoms with Crippen molar-refractivity contribution in [2.75, 3.05) is 18.4 Å². The summed E-state index contributed by atoms with van der Waals surface area (Å²) in [6.45, 7) is 8.54. The smallest absolute Gasteiger partial charge is 0.273 e. The van der Waals surface area contributed by atoms with Crippen LogP contribution in [0.25, 0.3) is 0 Å². The van der Waals surface area contributed by atoms with Crippen LogP contribution in [0.5, 0.6) is 5.75 Å². The highest BCUT2D eigenvalue weighted by Crippen LogP contribution is 2.22. The number of hydrazone groups is 1. The molecule has 2 atom stereocenters. The lowest BCUT2D eigenvalue weighted by Crippen LogP contribution is -2.35. The van der Waals surface area contributed by atoms with Crippen molar-refractivity contribution in [2.45, 2.75) is 46.4 Å². The maximum absolute atomic E-state index is 13.1. The van der Waals surface area contributed by atoms with Gasteiger partial charge >= 0.3 is 0 Å². The van der Waals surface area contributed by atoms with Gasteiger partial charge in [-0.15, -0.1) is 0 Å². The van der Waals surface area contributed by atoms with E-state index in [2.05, 4.69) is 15.8 Å². The second kappa shape index (κ2) is 13.7. The van der Waals surface area contributed by atoms with E-state index in [1.54, 1.807) is 32.0 Å². The van der Waals surface area contributed by atoms with Crippen molar-refractivity contribution in [3.05, 3.63) is 94.0 Å². The van der Waals surface area contributed by atoms with Gasteiger partial charge in [0.25, 0.3) is 11.8 Å². The maximum Gasteiger partial charge on any atom is 0.273 e. The molecule has 3 rings (SSSR count). The molecule has 0 saturated heterocycles. The maximum atomic E-state index is 13.1. The Labute approximate surface area is 228 Å². The molecule has 2 unspecified atom stereocenters. The lowest BCUT2D eigenvalue weighted by atomic mass is 10.1. The highest BCUT2D eigenvalue weighted by molar-refractivity contribution is 6.09. The minimum Gasteiger partial charge on any atom is -0.508 e. The van der Waals surface area contributed by atoms with E-state index in [0.29, 0.717) is 25.2 Å². The van der Waals surface area contributed by atoms with E-state index in [1.807, 2.05) is 43.0 Å². The highest BCUT2D eigenvalue weighted by Gasteiger charge is 2.17. The molecule has 0 heterocycles. The summed E-state index contributed by atoms with van der Waals surface area (Å²) >= 11 is 0. The topological polar surface area (TPSA) is 134 Å². The SMILES string of the molecule is Cc1ccc(/C=N/NC(=O)c2cc(O)ccc2NC(=O)c2cccc(CN(CC(C)O)CC(C)O)c2)cc1C. The molecule has 5 N–H and O–H groups in total. The molecular weight excluding hydrogens is 496 g/mol. The molecule has 3 aromatic rings. The number of nitrogens with zero attached hydrogens (tertiary/aromatic N) is 2. The molecule has 206 valence electrons. The molecule has 0 aliphatic heterocycles. The van der Waals surface area contributed by atoms with Crippen LogP contribution >= 0.6 is 0 Å². The number of hydrogen-bond donors (Lipinski definition) is 5. The number of aryl methyl sites for hydroxylation is 2. The summed E-state index contributed by atoms with van der Waals surface area (Å²) in [5.41, 5.74) is 6.99. The lowest BCUT2D eigenvalue weighted by molar-refractivity contribution is 0.0793. The average Bonchev–Trinajstić information content (AvgIpc) is 2.86. The summed E-state index contributed by atoms with van der Waals surface area (Å²) < 4.78 is 0. The number of phenols is 1. The van der Waals surface area contributed by atoms with Crippen molar-refractivity contribution in [1.29, 1.82) is 0 Å². The number of anilines is 1. The quantitative estimate of drug-likeness (QED) is 0.146. The number of hydrogen-bond acceptors (Lipinski definition) is 7. The first-order chi connectivity index (χ1) is 18.5. The molecular formula is C30H36N4O5. The summed E-state index contributed by atoms with van der Waals surface area (Å²) in [4.78, 5) is 27.9. The van der Waals surface area contributed by atoms with Gasteiger partial charge in [0.2, 0.25) is 0 Å². The number of aromatic hydroxyl groups is 1. The third-order valence-electron chi connectivity index (χ3n) is 6.05. The standard InChI is InChI=1S/C30H36N4O5/c1-19-8-9-23(12-20(19)2)15-31-33-30(39)27-14-26(37)10-11-28(27)32-29(38)25-7-5-6-24(13-25)18-34(16-21(3)35)17-22(4)36/h5-15,21-22,35-37H,16-18H2,1-4H3,(H,32,38)(H,33,39)/b31-15+. The largest absolute Gasteiger partial charge is 0.508 e. The first kappa shape index (κ1) is 29.5. The predicted octanol–water partition coefficient (Wildman–Crippen LogP) is 3.59. The molecule has 0 bridgehead atoms. The Morgan fingerprint density at radius 3 is 2.31 bits per heavy atom. The molecule has 9 nitrogen and oxygen atoms in total. The Bertz CT molecular complexity index is 1330. The molecule has 0 aliphatic carbocycles. The third-order valence-corrected chi connectivity index (χ3v) is 6.05. The van der Waals surface area contributed by atoms with Gasteiger partial charge in [-0.3, -0.25) is 14.5 Å². The number of amides is 2. The Kier molecular flexibility index (Phi) is 10.3. The second-order valence-corrected chi connectivity index (χ2v) is 9.82. The van der Waals surface area contributed by atoms with Crippen LogP contribution in [0.1, 0.15) is 56.8 Å². The van der Waals surface area contributed by atoms with E-state index < -0.39 is 24.0 Å². The Balaban J connectivity index is 1.73. The molecule has 39 heavy (non-hydrogen) atoms. The van der Waals surface area contributed by atoms with Crippen molar-refractivity contribution in [1.82, 2.24) is 10.3 Å². The van der Waals surface area contributed by atoms with E-state index in [1.165, 1.54) is 24.4 Å². The lowest BCUT2D eigenvalue weighted by Gasteiger charge is -2.25. The van der Waals surface area contributed by atoms with Gasteiger partial charge in [-0.2, -0.15) is 5.10 Å². The zero-order valence-corrected chi connectivity index (χ0v) is 22.7. The number of carbonyl (C=O) groups is 2. The summed E-state index contributed by atoms with van der Waals surface area (Å²) in [7, 11) is 0. The molecule has 9 heteroatoms. The van der Waals surface area contributed by atoms with Crippen molar-refractivity contribution in [3.8, 4) is 5.75 Å². The number of nitrogens with one attached hydrogen (secondary N) is 2. The zero-order chi connectivity index (χ0) is 28.5. The van der Waals surface area contributed by atoms with Crippen LogP contribution in [-0.4, -0.2) is 63.5 Å². The molecule has 0 spiro atoms. The van der Waals surface area contributed by atoms with Crippen LogP contribution in [-0.2, 0) is 6.54 Å². The van der Waals surface area contributed by atoms with Gasteiger partial charge in [0, 0.05) is 25.2 Å². The van der Waals surface area contributed by atoms with E-state index in [0.717, 1.165) is 22.3 Å². The Morgan fingerprint density at radius 1 is 0.923 bits per heavy atom. The summed E-state index contributed by atoms with van der Waals surface area (Å²) in [6.07, 6.45) is 0.384. The van der Waals surface area contributed by atoms with Crippen LogP contribution in [0.15, 0.2) is 65.8 Å². The first-order valence-corrected chi connectivity index (χ1v) is 12.7. The van der Waals surface area contributed by atoms with Crippen LogP contribution in [0.4, 0.5) is 5.69 Å². The van der Waals surface area contributed by atoms with E-state index in [-0.39, 0.29) is 17.0 Å². The van der Waals surface area contributed by atoms with E-state index in [4.69, 9.17) is 0 Å². The van der Waals surface area contributed by atoms with Crippen molar-refractivity contribution >= 4 is 23.7 Å². The van der Waals surface area contributed by atoms with Gasteiger partial charge in [0.15, 0.2) is 0 Å². The predicted molar refractivity (Wildman–Crippen MR) is 152 cm³/mol. The van der Waals surface area contributed by atoms with Gasteiger partial charge in [0.1, 0.15) is 5.75 Å². The third kappa shape index (κ3) is 9.03. The summed E-state index contributed by atoms with van der Waals surface area (Å²) in [6, 6.07) is 16.9. The van der Waals surface area contributed by atoms with Gasteiger partial charge in [-0.05, 0) is 80.3 Å². The molecule has 0 fully saturated rings. The zero-order valence-electron chi connectivity index (χ0n) is 22.7. The second-order valence-electron chi connectivity index (χ2n) is 9.82. The summed E-state index contributed by atoms with van der Waals surface area (Å²) in [5.74, 6) is -1.16. The number of aliphatic hydroxyl groups excluding tert-OH is 2. The normalized spacial score (nSPS) is 12.9. The van der Waals surface area contributed by atoms with E-state index >= 15 is 0 Å². The molecule has 3 aromatic carbocycles. The minimum absolute atomic E-state index is 0.0526. The van der Waals surface area contributed by atoms with Gasteiger partial charge in [0.05, 0.1) is 29.7 Å². The Hall–Kier alpha value is -4.05. The fraction of sp³-hybridized carbons (Fsp3) is 0.300. The van der Waals surface area contributed by atoms with Gasteiger partial charge in [-0.25, -0.2) is 5.43 Å². The van der Waals surface area contributed by atoms with Crippen molar-refractivity contribution < 1.29 is 24.9 Å². The molecule has 0 aromatic heterocycles. The van der Waals surface area contributed by atoms with Gasteiger partial charge < -0.3 is 20.6 Å². The monoisotopic (exact) mass is 532 g/mol. The van der Waals surface area contributed by atoms with Crippen molar-refractivity contribution in [3.63, 3.8) is 0 Å². The van der Waals surface area contributed by atoms with Crippen LogP contribution < -0.4 is 10.7 Å². The fourth-order valence-corrected chi connectivity index (χ4v) is 4.11. The Morgan fingerprint density at radius 2 is 1.64 bits per heavy atom. The summed E-state index contributed by atoms with van der Waals surface area (Å²) in [5, 5.41) is 36.3. The van der Waals surface area contributed by atoms with Crippen molar-refractivity contribution in [2.24, 2.45) is 5.10 Å². The van der Waals surface area contributed by atoms with Crippen LogP contribution in [0.2, 0.25) is 0 Å². The molecule has 2 amide bonds. The molecule has 0 radical (unpaired) electrons. The van der Waals surface area contributed by atoms with Gasteiger partial charge in [-0.1, -0.05) is 30.3 Å². The van der Waals surface area contributed by atoms with Crippen LogP contribution in [0.3, 0.4) is 0 Å². The number of carbonyl (C=O) groups excluding carboxylic acids is 2. The first-order valence-electron chi connectivity index (χ1n) is 12.7. The number of aliphatic hydroxyl groups is 2.